The van der Waals surface area contributed by atoms with Crippen LogP contribution < -0.4 is 5.73 Å². The first-order valence-corrected chi connectivity index (χ1v) is 5.80. The molecule has 1 aromatic rings. The Hall–Kier alpha value is -1.16. The highest BCUT2D eigenvalue weighted by Gasteiger charge is 2.38. The first kappa shape index (κ1) is 11.3. The van der Waals surface area contributed by atoms with Crippen molar-refractivity contribution in [1.82, 2.24) is 9.97 Å². The van der Waals surface area contributed by atoms with E-state index in [0.717, 1.165) is 37.4 Å². The Kier molecular flexibility index (Phi) is 3.10. The van der Waals surface area contributed by atoms with Crippen LogP contribution in [0.1, 0.15) is 38.4 Å². The van der Waals surface area contributed by atoms with Gasteiger partial charge in [0.1, 0.15) is 11.4 Å². The van der Waals surface area contributed by atoms with Gasteiger partial charge < -0.3 is 10.5 Å². The van der Waals surface area contributed by atoms with E-state index in [1.165, 1.54) is 0 Å². The zero-order valence-electron chi connectivity index (χ0n) is 9.94. The standard InChI is InChI=1S/C12H19N3O/c1-9-3-6-12(16-2,7-4-9)11-14-8-5-10(13)15-11/h5,8-9H,3-4,6-7H2,1-2H3,(H2,13,14,15). The molecule has 0 bridgehead atoms. The summed E-state index contributed by atoms with van der Waals surface area (Å²) in [5.41, 5.74) is 5.38. The summed E-state index contributed by atoms with van der Waals surface area (Å²) in [4.78, 5) is 8.62. The Morgan fingerprint density at radius 3 is 2.69 bits per heavy atom. The van der Waals surface area contributed by atoms with Crippen LogP contribution in [0, 0.1) is 5.92 Å². The molecule has 0 atom stereocenters. The molecule has 0 unspecified atom stereocenters. The number of nitrogen functional groups attached to an aromatic ring is 1. The van der Waals surface area contributed by atoms with Crippen molar-refractivity contribution in [2.45, 2.75) is 38.2 Å². The van der Waals surface area contributed by atoms with Crippen molar-refractivity contribution in [1.29, 1.82) is 0 Å². The minimum Gasteiger partial charge on any atom is -0.384 e. The lowest BCUT2D eigenvalue weighted by atomic mass is 9.79. The van der Waals surface area contributed by atoms with Crippen LogP contribution in [0.15, 0.2) is 12.3 Å². The minimum atomic E-state index is -0.318. The largest absolute Gasteiger partial charge is 0.384 e. The van der Waals surface area contributed by atoms with E-state index in [4.69, 9.17) is 10.5 Å². The molecule has 0 saturated heterocycles. The Morgan fingerprint density at radius 1 is 1.44 bits per heavy atom. The molecule has 88 valence electrons. The molecule has 0 aromatic carbocycles. The van der Waals surface area contributed by atoms with Crippen molar-refractivity contribution in [3.8, 4) is 0 Å². The van der Waals surface area contributed by atoms with E-state index < -0.39 is 0 Å². The van der Waals surface area contributed by atoms with Crippen molar-refractivity contribution in [2.75, 3.05) is 12.8 Å². The maximum absolute atomic E-state index is 5.70. The molecule has 0 spiro atoms. The average Bonchev–Trinajstić information content (AvgIpc) is 2.31. The molecule has 1 saturated carbocycles. The topological polar surface area (TPSA) is 61.0 Å². The number of anilines is 1. The Labute approximate surface area is 96.2 Å². The van der Waals surface area contributed by atoms with Gasteiger partial charge in [0.25, 0.3) is 0 Å². The fourth-order valence-corrected chi connectivity index (χ4v) is 2.34. The van der Waals surface area contributed by atoms with Gasteiger partial charge in [-0.15, -0.1) is 0 Å². The fraction of sp³-hybridized carbons (Fsp3) is 0.667. The number of nitrogens with zero attached hydrogens (tertiary/aromatic N) is 2. The van der Waals surface area contributed by atoms with Gasteiger partial charge in [-0.3, -0.25) is 0 Å². The summed E-state index contributed by atoms with van der Waals surface area (Å²) < 4.78 is 5.69. The van der Waals surface area contributed by atoms with E-state index in [9.17, 15) is 0 Å². The third-order valence-corrected chi connectivity index (χ3v) is 3.56. The van der Waals surface area contributed by atoms with Gasteiger partial charge in [-0.1, -0.05) is 6.92 Å². The Bertz CT molecular complexity index is 359. The van der Waals surface area contributed by atoms with Crippen LogP contribution in [0.2, 0.25) is 0 Å². The molecular formula is C12H19N3O. The van der Waals surface area contributed by atoms with Gasteiger partial charge in [0.05, 0.1) is 0 Å². The summed E-state index contributed by atoms with van der Waals surface area (Å²) in [7, 11) is 1.74. The zero-order chi connectivity index (χ0) is 11.6. The smallest absolute Gasteiger partial charge is 0.162 e. The van der Waals surface area contributed by atoms with Gasteiger partial charge >= 0.3 is 0 Å². The van der Waals surface area contributed by atoms with Crippen molar-refractivity contribution >= 4 is 5.82 Å². The highest BCUT2D eigenvalue weighted by atomic mass is 16.5. The van der Waals surface area contributed by atoms with Gasteiger partial charge in [-0.05, 0) is 37.7 Å². The highest BCUT2D eigenvalue weighted by molar-refractivity contribution is 5.26. The predicted molar refractivity (Wildman–Crippen MR) is 62.8 cm³/mol. The summed E-state index contributed by atoms with van der Waals surface area (Å²) in [6, 6.07) is 1.71. The van der Waals surface area contributed by atoms with Crippen LogP contribution in [0.5, 0.6) is 0 Å². The molecule has 4 nitrogen and oxygen atoms in total. The first-order chi connectivity index (χ1) is 7.66. The van der Waals surface area contributed by atoms with Gasteiger partial charge in [0, 0.05) is 13.3 Å². The van der Waals surface area contributed by atoms with Crippen LogP contribution in [0.4, 0.5) is 5.82 Å². The molecule has 1 aromatic heterocycles. The normalized spacial score (nSPS) is 30.2. The van der Waals surface area contributed by atoms with Gasteiger partial charge in [-0.25, -0.2) is 9.97 Å². The number of ether oxygens (including phenoxy) is 1. The summed E-state index contributed by atoms with van der Waals surface area (Å²) in [5, 5.41) is 0. The third kappa shape index (κ3) is 2.02. The lowest BCUT2D eigenvalue weighted by molar-refractivity contribution is -0.0596. The van der Waals surface area contributed by atoms with E-state index in [1.807, 2.05) is 0 Å². The van der Waals surface area contributed by atoms with Crippen molar-refractivity contribution in [2.24, 2.45) is 5.92 Å². The van der Waals surface area contributed by atoms with Gasteiger partial charge in [0.2, 0.25) is 0 Å². The number of hydrogen-bond donors (Lipinski definition) is 1. The molecule has 4 heteroatoms. The van der Waals surface area contributed by atoms with E-state index in [-0.39, 0.29) is 5.60 Å². The molecule has 2 rings (SSSR count). The van der Waals surface area contributed by atoms with E-state index in [2.05, 4.69) is 16.9 Å². The molecular weight excluding hydrogens is 202 g/mol. The summed E-state index contributed by atoms with van der Waals surface area (Å²) in [6.07, 6.45) is 5.98. The minimum absolute atomic E-state index is 0.318. The van der Waals surface area contributed by atoms with Crippen molar-refractivity contribution in [3.63, 3.8) is 0 Å². The van der Waals surface area contributed by atoms with Gasteiger partial charge in [0.15, 0.2) is 5.82 Å². The Balaban J connectivity index is 2.28. The van der Waals surface area contributed by atoms with E-state index in [0.29, 0.717) is 5.82 Å². The number of aromatic nitrogens is 2. The number of methoxy groups -OCH3 is 1. The first-order valence-electron chi connectivity index (χ1n) is 5.80. The molecule has 0 radical (unpaired) electrons. The molecule has 16 heavy (non-hydrogen) atoms. The molecule has 1 heterocycles. The highest BCUT2D eigenvalue weighted by Crippen LogP contribution is 2.40. The summed E-state index contributed by atoms with van der Waals surface area (Å²) >= 11 is 0. The summed E-state index contributed by atoms with van der Waals surface area (Å²) in [6.45, 7) is 2.28. The predicted octanol–water partition coefficient (Wildman–Crippen LogP) is 2.11. The fourth-order valence-electron chi connectivity index (χ4n) is 2.34. The maximum atomic E-state index is 5.70. The second-order valence-corrected chi connectivity index (χ2v) is 4.69. The molecule has 0 aliphatic heterocycles. The van der Waals surface area contributed by atoms with E-state index in [1.54, 1.807) is 19.4 Å². The van der Waals surface area contributed by atoms with Crippen LogP contribution in [-0.2, 0) is 10.3 Å². The second-order valence-electron chi connectivity index (χ2n) is 4.69. The van der Waals surface area contributed by atoms with Crippen LogP contribution in [-0.4, -0.2) is 17.1 Å². The zero-order valence-corrected chi connectivity index (χ0v) is 9.94. The quantitative estimate of drug-likeness (QED) is 0.830. The second kappa shape index (κ2) is 4.37. The molecule has 1 aliphatic rings. The number of rotatable bonds is 2. The maximum Gasteiger partial charge on any atom is 0.162 e. The number of hydrogen-bond acceptors (Lipinski definition) is 4. The molecule has 1 aliphatic carbocycles. The Morgan fingerprint density at radius 2 is 2.12 bits per heavy atom. The molecule has 0 amide bonds. The summed E-state index contributed by atoms with van der Waals surface area (Å²) in [5.74, 6) is 2.02. The van der Waals surface area contributed by atoms with E-state index >= 15 is 0 Å². The van der Waals surface area contributed by atoms with Crippen molar-refractivity contribution < 1.29 is 4.74 Å². The monoisotopic (exact) mass is 221 g/mol. The van der Waals surface area contributed by atoms with Crippen LogP contribution in [0.25, 0.3) is 0 Å². The number of nitrogens with two attached hydrogens (primary N) is 1. The lowest BCUT2D eigenvalue weighted by Gasteiger charge is -2.36. The lowest BCUT2D eigenvalue weighted by Crippen LogP contribution is -2.35. The van der Waals surface area contributed by atoms with Crippen LogP contribution in [0.3, 0.4) is 0 Å². The van der Waals surface area contributed by atoms with Crippen molar-refractivity contribution in [3.05, 3.63) is 18.1 Å². The average molecular weight is 221 g/mol. The molecule has 2 N–H and O–H groups in total. The van der Waals surface area contributed by atoms with Crippen LogP contribution >= 0.6 is 0 Å². The van der Waals surface area contributed by atoms with Gasteiger partial charge in [-0.2, -0.15) is 0 Å². The molecule has 1 fully saturated rings. The SMILES string of the molecule is COC1(c2nccc(N)n2)CCC(C)CC1. The third-order valence-electron chi connectivity index (χ3n) is 3.56.